The van der Waals surface area contributed by atoms with Gasteiger partial charge in [0, 0.05) is 18.3 Å². The molecule has 0 spiro atoms. The Morgan fingerprint density at radius 1 is 1.36 bits per heavy atom. The van der Waals surface area contributed by atoms with Crippen molar-refractivity contribution in [2.24, 2.45) is 0 Å². The molecule has 1 aromatic rings. The summed E-state index contributed by atoms with van der Waals surface area (Å²) in [7, 11) is 0. The number of aromatic nitrogens is 1. The molecule has 0 fully saturated rings. The van der Waals surface area contributed by atoms with Crippen LogP contribution in [0, 0.1) is 0 Å². The number of fused-ring (bicyclic) bond motifs is 1. The highest BCUT2D eigenvalue weighted by molar-refractivity contribution is 5.63. The summed E-state index contributed by atoms with van der Waals surface area (Å²) >= 11 is 0. The maximum Gasteiger partial charge on any atom is 0.161 e. The van der Waals surface area contributed by atoms with Gasteiger partial charge in [-0.25, -0.2) is 0 Å². The van der Waals surface area contributed by atoms with Crippen molar-refractivity contribution in [2.75, 3.05) is 18.5 Å². The first-order valence-corrected chi connectivity index (χ1v) is 4.94. The number of anilines is 1. The van der Waals surface area contributed by atoms with E-state index in [2.05, 4.69) is 31.1 Å². The minimum atomic E-state index is 0.103. The fourth-order valence-corrected chi connectivity index (χ4v) is 1.64. The van der Waals surface area contributed by atoms with E-state index < -0.39 is 0 Å². The number of hydrogen-bond acceptors (Lipinski definition) is 3. The first-order valence-electron chi connectivity index (χ1n) is 4.94. The molecule has 0 aliphatic carbocycles. The monoisotopic (exact) mass is 192 g/mol. The van der Waals surface area contributed by atoms with Crippen molar-refractivity contribution in [3.05, 3.63) is 18.0 Å². The summed E-state index contributed by atoms with van der Waals surface area (Å²) in [6.07, 6.45) is 3.69. The number of hydrogen-bond donors (Lipinski definition) is 1. The van der Waals surface area contributed by atoms with Gasteiger partial charge in [0.15, 0.2) is 5.75 Å². The van der Waals surface area contributed by atoms with Crippen LogP contribution in [0.15, 0.2) is 12.4 Å². The summed E-state index contributed by atoms with van der Waals surface area (Å²) in [5.41, 5.74) is 2.43. The van der Waals surface area contributed by atoms with Gasteiger partial charge in [0.05, 0.1) is 11.9 Å². The van der Waals surface area contributed by atoms with Crippen LogP contribution in [-0.2, 0) is 5.41 Å². The highest BCUT2D eigenvalue weighted by Crippen LogP contribution is 2.36. The molecule has 0 radical (unpaired) electrons. The molecule has 3 nitrogen and oxygen atoms in total. The third kappa shape index (κ3) is 1.54. The highest BCUT2D eigenvalue weighted by atomic mass is 16.5. The predicted octanol–water partition coefficient (Wildman–Crippen LogP) is 2.18. The molecule has 0 atom stereocenters. The van der Waals surface area contributed by atoms with Gasteiger partial charge in [-0.3, -0.25) is 4.98 Å². The Bertz CT molecular complexity index is 342. The van der Waals surface area contributed by atoms with Crippen molar-refractivity contribution in [1.29, 1.82) is 0 Å². The molecule has 0 unspecified atom stereocenters. The zero-order valence-electron chi connectivity index (χ0n) is 8.92. The minimum absolute atomic E-state index is 0.103. The Kier molecular flexibility index (Phi) is 2.10. The first kappa shape index (κ1) is 9.31. The molecule has 1 aromatic heterocycles. The van der Waals surface area contributed by atoms with Crippen molar-refractivity contribution in [2.45, 2.75) is 26.2 Å². The largest absolute Gasteiger partial charge is 0.488 e. The summed E-state index contributed by atoms with van der Waals surface area (Å²) in [5, 5.41) is 3.37. The van der Waals surface area contributed by atoms with Crippen molar-refractivity contribution in [3.63, 3.8) is 0 Å². The van der Waals surface area contributed by atoms with Crippen molar-refractivity contribution in [1.82, 2.24) is 4.98 Å². The van der Waals surface area contributed by atoms with Gasteiger partial charge in [-0.2, -0.15) is 0 Å². The van der Waals surface area contributed by atoms with E-state index in [1.807, 2.05) is 6.20 Å². The lowest BCUT2D eigenvalue weighted by molar-refractivity contribution is 0.320. The number of nitrogens with zero attached hydrogens (tertiary/aromatic N) is 1. The minimum Gasteiger partial charge on any atom is -0.488 e. The van der Waals surface area contributed by atoms with E-state index in [9.17, 15) is 0 Å². The normalized spacial score (nSPS) is 15.4. The SMILES string of the molecule is CC(C)(C)c1cncc2c1NCCO2. The van der Waals surface area contributed by atoms with Gasteiger partial charge in [0.1, 0.15) is 6.61 Å². The van der Waals surface area contributed by atoms with Gasteiger partial charge in [-0.1, -0.05) is 20.8 Å². The molecule has 0 aromatic carbocycles. The molecule has 2 heterocycles. The Hall–Kier alpha value is -1.25. The molecule has 76 valence electrons. The molecular weight excluding hydrogens is 176 g/mol. The summed E-state index contributed by atoms with van der Waals surface area (Å²) < 4.78 is 5.53. The third-order valence-corrected chi connectivity index (χ3v) is 2.38. The molecule has 0 saturated heterocycles. The summed E-state index contributed by atoms with van der Waals surface area (Å²) in [6, 6.07) is 0. The summed E-state index contributed by atoms with van der Waals surface area (Å²) in [4.78, 5) is 4.20. The molecule has 1 aliphatic heterocycles. The predicted molar refractivity (Wildman–Crippen MR) is 56.9 cm³/mol. The van der Waals surface area contributed by atoms with Gasteiger partial charge < -0.3 is 10.1 Å². The van der Waals surface area contributed by atoms with E-state index in [1.54, 1.807) is 6.20 Å². The van der Waals surface area contributed by atoms with E-state index in [-0.39, 0.29) is 5.41 Å². The van der Waals surface area contributed by atoms with Crippen LogP contribution in [0.25, 0.3) is 0 Å². The molecule has 14 heavy (non-hydrogen) atoms. The smallest absolute Gasteiger partial charge is 0.161 e. The third-order valence-electron chi connectivity index (χ3n) is 2.38. The molecule has 0 bridgehead atoms. The van der Waals surface area contributed by atoms with Crippen molar-refractivity contribution in [3.8, 4) is 5.75 Å². The van der Waals surface area contributed by atoms with Gasteiger partial charge in [0.25, 0.3) is 0 Å². The first-order chi connectivity index (χ1) is 6.59. The van der Waals surface area contributed by atoms with Crippen molar-refractivity contribution < 1.29 is 4.74 Å². The Labute approximate surface area is 84.5 Å². The van der Waals surface area contributed by atoms with Crippen LogP contribution in [0.4, 0.5) is 5.69 Å². The van der Waals surface area contributed by atoms with E-state index in [0.717, 1.165) is 24.6 Å². The second-order valence-electron chi connectivity index (χ2n) is 4.59. The number of rotatable bonds is 0. The highest BCUT2D eigenvalue weighted by Gasteiger charge is 2.22. The van der Waals surface area contributed by atoms with E-state index >= 15 is 0 Å². The van der Waals surface area contributed by atoms with E-state index in [1.165, 1.54) is 5.56 Å². The van der Waals surface area contributed by atoms with Crippen LogP contribution >= 0.6 is 0 Å². The maximum absolute atomic E-state index is 5.53. The molecule has 1 N–H and O–H groups in total. The van der Waals surface area contributed by atoms with E-state index in [0.29, 0.717) is 0 Å². The van der Waals surface area contributed by atoms with Crippen LogP contribution in [0.2, 0.25) is 0 Å². The lowest BCUT2D eigenvalue weighted by Gasteiger charge is -2.27. The zero-order valence-corrected chi connectivity index (χ0v) is 8.92. The van der Waals surface area contributed by atoms with Crippen LogP contribution in [0.3, 0.4) is 0 Å². The standard InChI is InChI=1S/C11H16N2O/c1-11(2,3)8-6-12-7-9-10(8)13-4-5-14-9/h6-7,13H,4-5H2,1-3H3. The number of pyridine rings is 1. The maximum atomic E-state index is 5.53. The van der Waals surface area contributed by atoms with E-state index in [4.69, 9.17) is 4.74 Å². The van der Waals surface area contributed by atoms with Gasteiger partial charge >= 0.3 is 0 Å². The van der Waals surface area contributed by atoms with Gasteiger partial charge in [-0.15, -0.1) is 0 Å². The Balaban J connectivity index is 2.51. The fourth-order valence-electron chi connectivity index (χ4n) is 1.64. The molecule has 0 saturated carbocycles. The molecule has 3 heteroatoms. The van der Waals surface area contributed by atoms with Crippen LogP contribution in [-0.4, -0.2) is 18.1 Å². The number of ether oxygens (including phenoxy) is 1. The fraction of sp³-hybridized carbons (Fsp3) is 0.545. The quantitative estimate of drug-likeness (QED) is 0.684. The van der Waals surface area contributed by atoms with Gasteiger partial charge in [0.2, 0.25) is 0 Å². The molecule has 2 rings (SSSR count). The Morgan fingerprint density at radius 2 is 2.14 bits per heavy atom. The van der Waals surface area contributed by atoms with Crippen LogP contribution in [0.5, 0.6) is 5.75 Å². The second kappa shape index (κ2) is 3.15. The van der Waals surface area contributed by atoms with Crippen molar-refractivity contribution >= 4 is 5.69 Å². The lowest BCUT2D eigenvalue weighted by Crippen LogP contribution is -2.23. The average molecular weight is 192 g/mol. The summed E-state index contributed by atoms with van der Waals surface area (Å²) in [5.74, 6) is 0.878. The molecule has 1 aliphatic rings. The topological polar surface area (TPSA) is 34.2 Å². The molecule has 0 amide bonds. The average Bonchev–Trinajstić information content (AvgIpc) is 2.15. The lowest BCUT2D eigenvalue weighted by atomic mass is 9.86. The summed E-state index contributed by atoms with van der Waals surface area (Å²) in [6.45, 7) is 8.14. The Morgan fingerprint density at radius 3 is 2.86 bits per heavy atom. The second-order valence-corrected chi connectivity index (χ2v) is 4.59. The van der Waals surface area contributed by atoms with Gasteiger partial charge in [-0.05, 0) is 5.41 Å². The van der Waals surface area contributed by atoms with Crippen LogP contribution in [0.1, 0.15) is 26.3 Å². The zero-order chi connectivity index (χ0) is 10.2. The molecular formula is C11H16N2O. The number of nitrogens with one attached hydrogen (secondary N) is 1. The van der Waals surface area contributed by atoms with Crippen LogP contribution < -0.4 is 10.1 Å².